The van der Waals surface area contributed by atoms with Crippen LogP contribution in [0.2, 0.25) is 0 Å². The molecule has 0 unspecified atom stereocenters. The first-order valence-electron chi connectivity index (χ1n) is 4.32. The minimum absolute atomic E-state index is 0.0698. The van der Waals surface area contributed by atoms with Crippen LogP contribution in [0.3, 0.4) is 0 Å². The largest absolute Gasteiger partial charge is 0.416 e. The molecule has 1 radical (unpaired) electrons. The molecule has 1 aromatic rings. The maximum absolute atomic E-state index is 12.3. The fourth-order valence-corrected chi connectivity index (χ4v) is 1.16. The number of nitrogens with one attached hydrogen (secondary N) is 2. The Kier molecular flexibility index (Phi) is 3.45. The van der Waals surface area contributed by atoms with E-state index in [0.29, 0.717) is 12.1 Å². The van der Waals surface area contributed by atoms with Crippen LogP contribution in [-0.2, 0) is 12.4 Å². The lowest BCUT2D eigenvalue weighted by Crippen LogP contribution is -2.15. The third-order valence-corrected chi connectivity index (χ3v) is 1.85. The van der Waals surface area contributed by atoms with Crippen LogP contribution < -0.4 is 11.1 Å². The van der Waals surface area contributed by atoms with Crippen molar-refractivity contribution in [3.63, 3.8) is 0 Å². The van der Waals surface area contributed by atoms with Gasteiger partial charge in [-0.3, -0.25) is 0 Å². The summed E-state index contributed by atoms with van der Waals surface area (Å²) in [6.07, 6.45) is -9.97. The number of benzene rings is 1. The summed E-state index contributed by atoms with van der Waals surface area (Å²) >= 11 is 0. The topological polar surface area (TPSA) is 52.9 Å². The van der Waals surface area contributed by atoms with E-state index in [-0.39, 0.29) is 6.07 Å². The maximum Gasteiger partial charge on any atom is 0.416 e. The average Bonchev–Trinajstić information content (AvgIpc) is 2.13. The van der Waals surface area contributed by atoms with E-state index in [1.807, 2.05) is 0 Å². The first kappa shape index (κ1) is 14.1. The fourth-order valence-electron chi connectivity index (χ4n) is 1.16. The van der Waals surface area contributed by atoms with Crippen molar-refractivity contribution in [1.29, 1.82) is 0 Å². The third kappa shape index (κ3) is 3.54. The van der Waals surface area contributed by atoms with Gasteiger partial charge in [0.25, 0.3) is 0 Å². The Morgan fingerprint density at radius 2 is 1.33 bits per heavy atom. The van der Waals surface area contributed by atoms with Crippen molar-refractivity contribution in [2.45, 2.75) is 12.4 Å². The number of carbonyl (C=O) groups excluding carboxylic acids is 1. The number of amides is 2. The second-order valence-electron chi connectivity index (χ2n) is 3.25. The highest BCUT2D eigenvalue weighted by Crippen LogP contribution is 2.37. The molecule has 1 rings (SSSR count). The van der Waals surface area contributed by atoms with Gasteiger partial charge in [0.05, 0.1) is 11.1 Å². The molecule has 1 aromatic carbocycles. The summed E-state index contributed by atoms with van der Waals surface area (Å²) < 4.78 is 74.1. The quantitative estimate of drug-likeness (QED) is 0.780. The first-order chi connectivity index (χ1) is 8.00. The Balaban J connectivity index is 3.34. The predicted molar refractivity (Wildman–Crippen MR) is 48.6 cm³/mol. The van der Waals surface area contributed by atoms with Gasteiger partial charge in [0.2, 0.25) is 0 Å². The van der Waals surface area contributed by atoms with Crippen LogP contribution in [0, 0.1) is 0 Å². The Morgan fingerprint density at radius 1 is 0.944 bits per heavy atom. The minimum atomic E-state index is -4.98. The Bertz CT molecular complexity index is 433. The molecule has 2 N–H and O–H groups in total. The molecule has 0 aliphatic carbocycles. The summed E-state index contributed by atoms with van der Waals surface area (Å²) in [4.78, 5) is 10.3. The van der Waals surface area contributed by atoms with Crippen LogP contribution in [0.25, 0.3) is 0 Å². The zero-order chi connectivity index (χ0) is 14.1. The van der Waals surface area contributed by atoms with E-state index in [2.05, 4.69) is 0 Å². The van der Waals surface area contributed by atoms with Crippen molar-refractivity contribution >= 4 is 11.7 Å². The SMILES string of the molecule is [NH]C(=O)Nc1cc(C(F)(F)F)cc(C(F)(F)F)c1. The van der Waals surface area contributed by atoms with Gasteiger partial charge in [-0.05, 0) is 18.2 Å². The Morgan fingerprint density at radius 3 is 1.61 bits per heavy atom. The zero-order valence-corrected chi connectivity index (χ0v) is 8.41. The van der Waals surface area contributed by atoms with Gasteiger partial charge in [0.1, 0.15) is 0 Å². The molecule has 0 atom stereocenters. The van der Waals surface area contributed by atoms with Crippen LogP contribution in [-0.4, -0.2) is 6.03 Å². The number of carbonyl (C=O) groups is 1. The lowest BCUT2D eigenvalue weighted by molar-refractivity contribution is -0.143. The third-order valence-electron chi connectivity index (χ3n) is 1.85. The van der Waals surface area contributed by atoms with Gasteiger partial charge >= 0.3 is 18.4 Å². The summed E-state index contributed by atoms with van der Waals surface area (Å²) in [5, 5.41) is 1.56. The molecule has 0 saturated carbocycles. The summed E-state index contributed by atoms with van der Waals surface area (Å²) in [6.45, 7) is 0. The van der Waals surface area contributed by atoms with Gasteiger partial charge in [-0.25, -0.2) is 10.5 Å². The molecule has 0 fully saturated rings. The van der Waals surface area contributed by atoms with Gasteiger partial charge < -0.3 is 5.32 Å². The van der Waals surface area contributed by atoms with Crippen molar-refractivity contribution in [3.05, 3.63) is 29.3 Å². The van der Waals surface area contributed by atoms with Crippen molar-refractivity contribution in [3.8, 4) is 0 Å². The van der Waals surface area contributed by atoms with Crippen LogP contribution in [0.1, 0.15) is 11.1 Å². The molecule has 2 amide bonds. The summed E-state index contributed by atoms with van der Waals surface area (Å²) in [5.74, 6) is 0. The second kappa shape index (κ2) is 4.39. The van der Waals surface area contributed by atoms with Crippen LogP contribution >= 0.6 is 0 Å². The van der Waals surface area contributed by atoms with E-state index in [1.54, 1.807) is 5.32 Å². The zero-order valence-electron chi connectivity index (χ0n) is 8.41. The monoisotopic (exact) mass is 271 g/mol. The predicted octanol–water partition coefficient (Wildman–Crippen LogP) is 3.54. The lowest BCUT2D eigenvalue weighted by atomic mass is 10.1. The van der Waals surface area contributed by atoms with Gasteiger partial charge in [0, 0.05) is 5.69 Å². The van der Waals surface area contributed by atoms with Crippen LogP contribution in [0.5, 0.6) is 0 Å². The molecule has 0 saturated heterocycles. The number of halogens is 6. The molecule has 0 aliphatic heterocycles. The Hall–Kier alpha value is -1.93. The molecule has 0 aliphatic rings. The average molecular weight is 271 g/mol. The fraction of sp³-hybridized carbons (Fsp3) is 0.222. The van der Waals surface area contributed by atoms with Crippen molar-refractivity contribution < 1.29 is 31.1 Å². The van der Waals surface area contributed by atoms with Gasteiger partial charge in [-0.2, -0.15) is 26.3 Å². The maximum atomic E-state index is 12.3. The summed E-state index contributed by atoms with van der Waals surface area (Å²) in [5.41, 5.74) is 2.61. The highest BCUT2D eigenvalue weighted by molar-refractivity contribution is 5.87. The van der Waals surface area contributed by atoms with Crippen molar-refractivity contribution in [1.82, 2.24) is 5.73 Å². The molecule has 0 heterocycles. The van der Waals surface area contributed by atoms with Crippen LogP contribution in [0.4, 0.5) is 36.8 Å². The smallest absolute Gasteiger partial charge is 0.307 e. The Labute approximate surface area is 96.6 Å². The number of rotatable bonds is 1. The molecule has 99 valence electrons. The van der Waals surface area contributed by atoms with Gasteiger partial charge in [-0.15, -0.1) is 0 Å². The summed E-state index contributed by atoms with van der Waals surface area (Å²) in [6, 6.07) is -0.939. The number of hydrogen-bond acceptors (Lipinski definition) is 1. The highest BCUT2D eigenvalue weighted by atomic mass is 19.4. The molecular formula is C9H5F6N2O. The molecule has 9 heteroatoms. The number of urea groups is 1. The standard InChI is InChI=1S/C9H5F6N2O/c10-8(11,12)4-1-5(9(13,14)15)3-6(2-4)17-7(16)18/h1-3,16H,(H,17,18). The minimum Gasteiger partial charge on any atom is -0.307 e. The number of alkyl halides is 6. The number of hydrogen-bond donors (Lipinski definition) is 1. The van der Waals surface area contributed by atoms with E-state index in [1.165, 1.54) is 0 Å². The van der Waals surface area contributed by atoms with E-state index < -0.39 is 35.2 Å². The second-order valence-corrected chi connectivity index (χ2v) is 3.25. The van der Waals surface area contributed by atoms with E-state index >= 15 is 0 Å². The van der Waals surface area contributed by atoms with E-state index in [9.17, 15) is 31.1 Å². The van der Waals surface area contributed by atoms with E-state index in [0.717, 1.165) is 0 Å². The molecule has 0 aromatic heterocycles. The van der Waals surface area contributed by atoms with E-state index in [4.69, 9.17) is 5.73 Å². The van der Waals surface area contributed by atoms with Crippen molar-refractivity contribution in [2.75, 3.05) is 5.32 Å². The molecule has 18 heavy (non-hydrogen) atoms. The highest BCUT2D eigenvalue weighted by Gasteiger charge is 2.37. The first-order valence-corrected chi connectivity index (χ1v) is 4.32. The molecule has 0 spiro atoms. The molecule has 3 nitrogen and oxygen atoms in total. The van der Waals surface area contributed by atoms with Gasteiger partial charge in [0.15, 0.2) is 0 Å². The number of anilines is 1. The molecule has 0 bridgehead atoms. The summed E-state index contributed by atoms with van der Waals surface area (Å²) in [7, 11) is 0. The molecular weight excluding hydrogens is 266 g/mol. The normalized spacial score (nSPS) is 12.3. The van der Waals surface area contributed by atoms with Crippen molar-refractivity contribution in [2.24, 2.45) is 0 Å². The lowest BCUT2D eigenvalue weighted by Gasteiger charge is -2.13. The van der Waals surface area contributed by atoms with Crippen LogP contribution in [0.15, 0.2) is 18.2 Å². The van der Waals surface area contributed by atoms with Gasteiger partial charge in [-0.1, -0.05) is 0 Å².